The molecule has 0 aliphatic carbocycles. The Morgan fingerprint density at radius 2 is 1.21 bits per heavy atom. The molecule has 2 aromatic carbocycles. The standard InChI is InChI=1S/C10H8O2.C4H10O3/c11-9-3-1-7-2-4-10(12)6-8(7)5-9;5-1-3-7-4-2-6/h1-6,11-12H;5-6H,1-4H2. The Hall–Kier alpha value is -1.82. The summed E-state index contributed by atoms with van der Waals surface area (Å²) in [5, 5.41) is 36.3. The SMILES string of the molecule is OCCOCCO.Oc1ccc2ccc(O)cc2c1. The zero-order chi connectivity index (χ0) is 14.1. The smallest absolute Gasteiger partial charge is 0.116 e. The molecule has 5 heteroatoms. The van der Waals surface area contributed by atoms with Gasteiger partial charge in [-0.05, 0) is 35.0 Å². The number of aromatic hydroxyl groups is 2. The number of hydrogen-bond acceptors (Lipinski definition) is 5. The fraction of sp³-hybridized carbons (Fsp3) is 0.286. The highest BCUT2D eigenvalue weighted by Gasteiger charge is 1.95. The third kappa shape index (κ3) is 5.56. The van der Waals surface area contributed by atoms with Crippen molar-refractivity contribution in [2.75, 3.05) is 26.4 Å². The van der Waals surface area contributed by atoms with E-state index in [-0.39, 0.29) is 24.7 Å². The van der Waals surface area contributed by atoms with Crippen LogP contribution < -0.4 is 0 Å². The maximum absolute atomic E-state index is 9.14. The van der Waals surface area contributed by atoms with Gasteiger partial charge in [0.15, 0.2) is 0 Å². The highest BCUT2D eigenvalue weighted by molar-refractivity contribution is 5.84. The third-order valence-electron chi connectivity index (χ3n) is 2.28. The molecule has 0 heterocycles. The molecule has 4 N–H and O–H groups in total. The number of ether oxygens (including phenoxy) is 1. The van der Waals surface area contributed by atoms with Crippen molar-refractivity contribution in [1.29, 1.82) is 0 Å². The molecule has 0 fully saturated rings. The van der Waals surface area contributed by atoms with Gasteiger partial charge in [-0.25, -0.2) is 0 Å². The number of benzene rings is 2. The summed E-state index contributed by atoms with van der Waals surface area (Å²) < 4.78 is 4.63. The van der Waals surface area contributed by atoms with Crippen LogP contribution in [0.15, 0.2) is 36.4 Å². The first-order chi connectivity index (χ1) is 9.17. The van der Waals surface area contributed by atoms with E-state index in [1.807, 2.05) is 12.1 Å². The number of phenols is 2. The van der Waals surface area contributed by atoms with Crippen molar-refractivity contribution in [3.8, 4) is 11.5 Å². The number of rotatable bonds is 4. The minimum atomic E-state index is 0.0278. The molecule has 0 aliphatic heterocycles. The van der Waals surface area contributed by atoms with Crippen LogP contribution in [0.2, 0.25) is 0 Å². The summed E-state index contributed by atoms with van der Waals surface area (Å²) in [4.78, 5) is 0. The fourth-order valence-corrected chi connectivity index (χ4v) is 1.45. The number of aliphatic hydroxyl groups excluding tert-OH is 2. The van der Waals surface area contributed by atoms with E-state index < -0.39 is 0 Å². The molecular weight excluding hydrogens is 248 g/mol. The normalized spacial score (nSPS) is 10.0. The molecule has 0 saturated heterocycles. The molecule has 0 unspecified atom stereocenters. The summed E-state index contributed by atoms with van der Waals surface area (Å²) in [6, 6.07) is 10.1. The molecule has 5 nitrogen and oxygen atoms in total. The van der Waals surface area contributed by atoms with Crippen LogP contribution >= 0.6 is 0 Å². The summed E-state index contributed by atoms with van der Waals surface area (Å²) in [5.74, 6) is 0.432. The van der Waals surface area contributed by atoms with Crippen LogP contribution in [-0.2, 0) is 4.74 Å². The average Bonchev–Trinajstić information content (AvgIpc) is 2.39. The van der Waals surface area contributed by atoms with Crippen LogP contribution in [0, 0.1) is 0 Å². The van der Waals surface area contributed by atoms with E-state index >= 15 is 0 Å². The average molecular weight is 266 g/mol. The van der Waals surface area contributed by atoms with E-state index in [9.17, 15) is 0 Å². The van der Waals surface area contributed by atoms with Gasteiger partial charge in [0.1, 0.15) is 11.5 Å². The van der Waals surface area contributed by atoms with Crippen molar-refractivity contribution >= 4 is 10.8 Å². The highest BCUT2D eigenvalue weighted by Crippen LogP contribution is 2.23. The number of hydrogen-bond donors (Lipinski definition) is 4. The second kappa shape index (κ2) is 8.31. The lowest BCUT2D eigenvalue weighted by molar-refractivity contribution is 0.0650. The summed E-state index contributed by atoms with van der Waals surface area (Å²) in [6.45, 7) is 0.696. The first-order valence-electron chi connectivity index (χ1n) is 5.88. The number of aliphatic hydroxyl groups is 2. The summed E-state index contributed by atoms with van der Waals surface area (Å²) in [7, 11) is 0. The van der Waals surface area contributed by atoms with Crippen molar-refractivity contribution in [3.63, 3.8) is 0 Å². The minimum Gasteiger partial charge on any atom is -0.508 e. The Balaban J connectivity index is 0.000000224. The molecule has 0 spiro atoms. The topological polar surface area (TPSA) is 90.2 Å². The molecule has 0 aromatic heterocycles. The summed E-state index contributed by atoms with van der Waals surface area (Å²) in [5.41, 5.74) is 0. The van der Waals surface area contributed by atoms with E-state index in [4.69, 9.17) is 20.4 Å². The molecule has 0 radical (unpaired) electrons. The molecular formula is C14H18O5. The van der Waals surface area contributed by atoms with Crippen LogP contribution in [0.5, 0.6) is 11.5 Å². The van der Waals surface area contributed by atoms with E-state index in [0.29, 0.717) is 13.2 Å². The van der Waals surface area contributed by atoms with Crippen molar-refractivity contribution in [2.24, 2.45) is 0 Å². The Morgan fingerprint density at radius 1 is 0.737 bits per heavy atom. The quantitative estimate of drug-likeness (QED) is 0.625. The van der Waals surface area contributed by atoms with Gasteiger partial charge in [0.2, 0.25) is 0 Å². The van der Waals surface area contributed by atoms with E-state index in [0.717, 1.165) is 10.8 Å². The van der Waals surface area contributed by atoms with Gasteiger partial charge in [-0.3, -0.25) is 0 Å². The van der Waals surface area contributed by atoms with Crippen molar-refractivity contribution in [3.05, 3.63) is 36.4 Å². The molecule has 0 atom stereocenters. The van der Waals surface area contributed by atoms with E-state index in [2.05, 4.69) is 4.74 Å². The molecule has 2 aromatic rings. The van der Waals surface area contributed by atoms with Gasteiger partial charge in [0.25, 0.3) is 0 Å². The zero-order valence-electron chi connectivity index (χ0n) is 10.5. The molecule has 104 valence electrons. The lowest BCUT2D eigenvalue weighted by Crippen LogP contribution is -2.03. The lowest BCUT2D eigenvalue weighted by atomic mass is 10.1. The second-order valence-electron chi connectivity index (χ2n) is 3.78. The molecule has 2 rings (SSSR count). The molecule has 0 amide bonds. The van der Waals surface area contributed by atoms with Gasteiger partial charge >= 0.3 is 0 Å². The zero-order valence-corrected chi connectivity index (χ0v) is 10.5. The largest absolute Gasteiger partial charge is 0.508 e. The molecule has 0 aliphatic rings. The van der Waals surface area contributed by atoms with Gasteiger partial charge in [0, 0.05) is 0 Å². The third-order valence-corrected chi connectivity index (χ3v) is 2.28. The van der Waals surface area contributed by atoms with Gasteiger partial charge in [-0.15, -0.1) is 0 Å². The van der Waals surface area contributed by atoms with Crippen LogP contribution in [0.25, 0.3) is 10.8 Å². The predicted molar refractivity (Wildman–Crippen MR) is 72.3 cm³/mol. The van der Waals surface area contributed by atoms with Crippen LogP contribution in [-0.4, -0.2) is 46.9 Å². The van der Waals surface area contributed by atoms with Gasteiger partial charge in [0.05, 0.1) is 26.4 Å². The second-order valence-corrected chi connectivity index (χ2v) is 3.78. The molecule has 19 heavy (non-hydrogen) atoms. The maximum Gasteiger partial charge on any atom is 0.116 e. The van der Waals surface area contributed by atoms with E-state index in [1.165, 1.54) is 0 Å². The summed E-state index contributed by atoms with van der Waals surface area (Å²) in [6.07, 6.45) is 0. The monoisotopic (exact) mass is 266 g/mol. The van der Waals surface area contributed by atoms with Crippen LogP contribution in [0.4, 0.5) is 0 Å². The maximum atomic E-state index is 9.14. The highest BCUT2D eigenvalue weighted by atomic mass is 16.5. The lowest BCUT2D eigenvalue weighted by Gasteiger charge is -1.98. The minimum absolute atomic E-state index is 0.0278. The first-order valence-corrected chi connectivity index (χ1v) is 5.88. The number of fused-ring (bicyclic) bond motifs is 1. The first kappa shape index (κ1) is 15.2. The van der Waals surface area contributed by atoms with Crippen molar-refractivity contribution in [2.45, 2.75) is 0 Å². The fourth-order valence-electron chi connectivity index (χ4n) is 1.45. The Labute approximate surface area is 111 Å². The van der Waals surface area contributed by atoms with E-state index in [1.54, 1.807) is 24.3 Å². The van der Waals surface area contributed by atoms with Crippen molar-refractivity contribution in [1.82, 2.24) is 0 Å². The van der Waals surface area contributed by atoms with Gasteiger partial charge < -0.3 is 25.2 Å². The Morgan fingerprint density at radius 3 is 1.63 bits per heavy atom. The number of phenolic OH excluding ortho intramolecular Hbond substituents is 2. The Bertz CT molecular complexity index is 457. The van der Waals surface area contributed by atoms with Crippen molar-refractivity contribution < 1.29 is 25.2 Å². The summed E-state index contributed by atoms with van der Waals surface area (Å²) >= 11 is 0. The molecule has 0 bridgehead atoms. The van der Waals surface area contributed by atoms with Gasteiger partial charge in [-0.1, -0.05) is 12.1 Å². The Kier molecular flexibility index (Phi) is 6.67. The predicted octanol–water partition coefficient (Wildman–Crippen LogP) is 1.24. The van der Waals surface area contributed by atoms with Crippen LogP contribution in [0.1, 0.15) is 0 Å². The van der Waals surface area contributed by atoms with Crippen LogP contribution in [0.3, 0.4) is 0 Å². The van der Waals surface area contributed by atoms with Gasteiger partial charge in [-0.2, -0.15) is 0 Å². The molecule has 0 saturated carbocycles.